The van der Waals surface area contributed by atoms with Crippen molar-refractivity contribution in [3.63, 3.8) is 0 Å². The molecule has 2 nitrogen and oxygen atoms in total. The molecule has 4 heteroatoms. The highest BCUT2D eigenvalue weighted by molar-refractivity contribution is 7.82. The summed E-state index contributed by atoms with van der Waals surface area (Å²) in [5.41, 5.74) is 2.32. The van der Waals surface area contributed by atoms with Crippen molar-refractivity contribution < 1.29 is 0 Å². The van der Waals surface area contributed by atoms with Crippen molar-refractivity contribution >= 4 is 30.2 Å². The van der Waals surface area contributed by atoms with E-state index in [2.05, 4.69) is 17.6 Å². The van der Waals surface area contributed by atoms with Crippen LogP contribution in [0.25, 0.3) is 0 Å². The molecule has 1 heterocycles. The Morgan fingerprint density at radius 3 is 2.88 bits per heavy atom. The molecule has 1 rings (SSSR count). The van der Waals surface area contributed by atoms with Crippen LogP contribution in [0.5, 0.6) is 0 Å². The zero-order chi connectivity index (χ0) is 5.98. The lowest BCUT2D eigenvalue weighted by Gasteiger charge is -1.78. The average Bonchev–Trinajstić information content (AvgIpc) is 2.14. The molecule has 0 atom stereocenters. The van der Waals surface area contributed by atoms with E-state index in [1.165, 1.54) is 17.6 Å². The van der Waals surface area contributed by atoms with Gasteiger partial charge in [-0.3, -0.25) is 0 Å². The standard InChI is InChI=1S/C4H4N2S2/c5-1-3-4(7)8-2-6-3/h1-2,5,7H. The maximum atomic E-state index is 6.77. The highest BCUT2D eigenvalue weighted by Gasteiger charge is 1.94. The van der Waals surface area contributed by atoms with Crippen LogP contribution < -0.4 is 0 Å². The molecule has 0 bridgehead atoms. The maximum Gasteiger partial charge on any atom is 0.105 e. The monoisotopic (exact) mass is 144 g/mol. The second-order valence-electron chi connectivity index (χ2n) is 1.19. The molecule has 8 heavy (non-hydrogen) atoms. The Kier molecular flexibility index (Phi) is 1.65. The summed E-state index contributed by atoms with van der Waals surface area (Å²) in [4.78, 5) is 3.83. The van der Waals surface area contributed by atoms with Gasteiger partial charge < -0.3 is 5.41 Å². The zero-order valence-corrected chi connectivity index (χ0v) is 5.67. The third kappa shape index (κ3) is 0.900. The molecule has 0 amide bonds. The number of thiol groups is 1. The van der Waals surface area contributed by atoms with Crippen LogP contribution in [0.15, 0.2) is 9.72 Å². The van der Waals surface area contributed by atoms with Crippen LogP contribution in [0.1, 0.15) is 5.69 Å². The highest BCUT2D eigenvalue weighted by atomic mass is 32.2. The first-order valence-electron chi connectivity index (χ1n) is 1.97. The van der Waals surface area contributed by atoms with Crippen LogP contribution in [0.3, 0.4) is 0 Å². The molecule has 0 aromatic carbocycles. The van der Waals surface area contributed by atoms with Crippen molar-refractivity contribution in [2.24, 2.45) is 0 Å². The molecule has 1 N–H and O–H groups in total. The molecule has 0 aliphatic heterocycles. The molecular formula is C4H4N2S2. The summed E-state index contributed by atoms with van der Waals surface area (Å²) in [6.45, 7) is 0. The summed E-state index contributed by atoms with van der Waals surface area (Å²) in [6, 6.07) is 0. The lowest BCUT2D eigenvalue weighted by molar-refractivity contribution is 1.33. The Labute approximate surface area is 56.5 Å². The van der Waals surface area contributed by atoms with Gasteiger partial charge in [0.2, 0.25) is 0 Å². The van der Waals surface area contributed by atoms with E-state index >= 15 is 0 Å². The second-order valence-corrected chi connectivity index (χ2v) is 2.79. The van der Waals surface area contributed by atoms with E-state index in [4.69, 9.17) is 5.41 Å². The molecule has 42 valence electrons. The van der Waals surface area contributed by atoms with Gasteiger partial charge in [0, 0.05) is 6.21 Å². The van der Waals surface area contributed by atoms with Crippen molar-refractivity contribution in [2.75, 3.05) is 0 Å². The van der Waals surface area contributed by atoms with E-state index in [1.54, 1.807) is 5.51 Å². The summed E-state index contributed by atoms with van der Waals surface area (Å²) >= 11 is 5.46. The van der Waals surface area contributed by atoms with Gasteiger partial charge in [0.15, 0.2) is 0 Å². The van der Waals surface area contributed by atoms with Gasteiger partial charge in [0.25, 0.3) is 0 Å². The Hall–Kier alpha value is -0.350. The number of nitrogens with one attached hydrogen (secondary N) is 1. The lowest BCUT2D eigenvalue weighted by Crippen LogP contribution is -1.76. The molecule has 0 fully saturated rings. The summed E-state index contributed by atoms with van der Waals surface area (Å²) in [5, 5.41) is 6.77. The molecule has 0 aliphatic carbocycles. The minimum atomic E-state index is 0.651. The Bertz CT molecular complexity index is 194. The van der Waals surface area contributed by atoms with Crippen molar-refractivity contribution in [3.05, 3.63) is 11.2 Å². The van der Waals surface area contributed by atoms with Crippen LogP contribution in [0.4, 0.5) is 0 Å². The largest absolute Gasteiger partial charge is 0.306 e. The molecule has 0 aliphatic rings. The summed E-state index contributed by atoms with van der Waals surface area (Å²) in [5.74, 6) is 0. The quantitative estimate of drug-likeness (QED) is 0.454. The van der Waals surface area contributed by atoms with E-state index < -0.39 is 0 Å². The van der Waals surface area contributed by atoms with Crippen LogP contribution >= 0.6 is 24.0 Å². The second kappa shape index (κ2) is 2.28. The minimum absolute atomic E-state index is 0.651. The fourth-order valence-electron chi connectivity index (χ4n) is 0.348. The maximum absolute atomic E-state index is 6.77. The Morgan fingerprint density at radius 2 is 2.62 bits per heavy atom. The van der Waals surface area contributed by atoms with Gasteiger partial charge in [-0.05, 0) is 0 Å². The smallest absolute Gasteiger partial charge is 0.105 e. The summed E-state index contributed by atoms with van der Waals surface area (Å²) in [7, 11) is 0. The van der Waals surface area contributed by atoms with Crippen molar-refractivity contribution in [1.82, 2.24) is 4.98 Å². The molecule has 0 saturated carbocycles. The van der Waals surface area contributed by atoms with Crippen molar-refractivity contribution in [2.45, 2.75) is 4.21 Å². The molecular weight excluding hydrogens is 140 g/mol. The van der Waals surface area contributed by atoms with E-state index in [0.29, 0.717) is 5.69 Å². The first-order chi connectivity index (χ1) is 3.84. The molecule has 0 saturated heterocycles. The van der Waals surface area contributed by atoms with Gasteiger partial charge >= 0.3 is 0 Å². The predicted octanol–water partition coefficient (Wildman–Crippen LogP) is 1.43. The lowest BCUT2D eigenvalue weighted by atomic mass is 10.6. The third-order valence-electron chi connectivity index (χ3n) is 0.712. The highest BCUT2D eigenvalue weighted by Crippen LogP contribution is 2.14. The summed E-state index contributed by atoms with van der Waals surface area (Å²) < 4.78 is 0.806. The van der Waals surface area contributed by atoms with Gasteiger partial charge in [-0.25, -0.2) is 4.98 Å². The molecule has 0 unspecified atom stereocenters. The topological polar surface area (TPSA) is 36.7 Å². The SMILES string of the molecule is N=Cc1ncsc1S. The molecule has 1 aromatic rings. The number of thiazole rings is 1. The van der Waals surface area contributed by atoms with Gasteiger partial charge in [0.05, 0.1) is 9.72 Å². The normalized spacial score (nSPS) is 9.12. The predicted molar refractivity (Wildman–Crippen MR) is 37.3 cm³/mol. The van der Waals surface area contributed by atoms with Gasteiger partial charge in [-0.1, -0.05) is 0 Å². The number of nitrogens with zero attached hydrogens (tertiary/aromatic N) is 1. The van der Waals surface area contributed by atoms with Gasteiger partial charge in [-0.2, -0.15) is 0 Å². The number of rotatable bonds is 1. The van der Waals surface area contributed by atoms with E-state index in [-0.39, 0.29) is 0 Å². The molecule has 0 spiro atoms. The third-order valence-corrected chi connectivity index (χ3v) is 1.90. The Morgan fingerprint density at radius 1 is 1.88 bits per heavy atom. The van der Waals surface area contributed by atoms with Crippen LogP contribution in [-0.2, 0) is 0 Å². The van der Waals surface area contributed by atoms with E-state index in [1.807, 2.05) is 0 Å². The Balaban J connectivity index is 3.09. The summed E-state index contributed by atoms with van der Waals surface area (Å²) in [6.07, 6.45) is 1.19. The van der Waals surface area contributed by atoms with Crippen molar-refractivity contribution in [3.8, 4) is 0 Å². The average molecular weight is 144 g/mol. The fraction of sp³-hybridized carbons (Fsp3) is 0. The van der Waals surface area contributed by atoms with Crippen LogP contribution in [0.2, 0.25) is 0 Å². The van der Waals surface area contributed by atoms with Crippen LogP contribution in [-0.4, -0.2) is 11.2 Å². The number of aromatic nitrogens is 1. The van der Waals surface area contributed by atoms with Gasteiger partial charge in [0.1, 0.15) is 5.69 Å². The minimum Gasteiger partial charge on any atom is -0.306 e. The first kappa shape index (κ1) is 5.78. The fourth-order valence-corrected chi connectivity index (χ4v) is 1.11. The molecule has 1 aromatic heterocycles. The van der Waals surface area contributed by atoms with Gasteiger partial charge in [-0.15, -0.1) is 24.0 Å². The molecule has 0 radical (unpaired) electrons. The number of hydrogen-bond donors (Lipinski definition) is 2. The zero-order valence-electron chi connectivity index (χ0n) is 3.96. The van der Waals surface area contributed by atoms with Crippen molar-refractivity contribution in [1.29, 1.82) is 5.41 Å². The first-order valence-corrected chi connectivity index (χ1v) is 3.30. The van der Waals surface area contributed by atoms with E-state index in [0.717, 1.165) is 4.21 Å². The number of hydrogen-bond acceptors (Lipinski definition) is 4. The van der Waals surface area contributed by atoms with Crippen LogP contribution in [0, 0.1) is 5.41 Å². The van der Waals surface area contributed by atoms with E-state index in [9.17, 15) is 0 Å².